The van der Waals surface area contributed by atoms with Crippen LogP contribution in [0.2, 0.25) is 5.02 Å². The summed E-state index contributed by atoms with van der Waals surface area (Å²) >= 11 is 6.11. The van der Waals surface area contributed by atoms with Crippen LogP contribution in [-0.4, -0.2) is 35.5 Å². The first-order valence-corrected chi connectivity index (χ1v) is 8.98. The van der Waals surface area contributed by atoms with E-state index >= 15 is 0 Å². The first-order chi connectivity index (χ1) is 14.5. The maximum absolute atomic E-state index is 12.8. The molecule has 2 aromatic carbocycles. The second-order valence-electron chi connectivity index (χ2n) is 6.17. The molecule has 0 fully saturated rings. The molecule has 10 heteroatoms. The second kappa shape index (κ2) is 7.80. The monoisotopic (exact) mass is 425 g/mol. The molecule has 1 N–H and O–H groups in total. The molecule has 0 saturated heterocycles. The summed E-state index contributed by atoms with van der Waals surface area (Å²) in [5.41, 5.74) is 0.450. The van der Waals surface area contributed by atoms with E-state index in [1.54, 1.807) is 24.3 Å². The van der Waals surface area contributed by atoms with Gasteiger partial charge in [-0.3, -0.25) is 14.4 Å². The number of benzene rings is 2. The number of ether oxygens (including phenoxy) is 1. The number of hydrogen-bond donors (Lipinski definition) is 1. The Kier molecular flexibility index (Phi) is 5.03. The lowest BCUT2D eigenvalue weighted by Gasteiger charge is -2.15. The molecule has 0 spiro atoms. The van der Waals surface area contributed by atoms with Crippen LogP contribution in [0.3, 0.4) is 0 Å². The summed E-state index contributed by atoms with van der Waals surface area (Å²) in [4.78, 5) is 50.5. The Labute approximate surface area is 174 Å². The zero-order chi connectivity index (χ0) is 21.3. The molecule has 0 atom stereocenters. The molecule has 0 saturated carbocycles. The fourth-order valence-electron chi connectivity index (χ4n) is 2.89. The summed E-state index contributed by atoms with van der Waals surface area (Å²) < 4.78 is 9.53. The predicted octanol–water partition coefficient (Wildman–Crippen LogP) is 2.92. The third-order valence-electron chi connectivity index (χ3n) is 4.26. The highest BCUT2D eigenvalue weighted by atomic mass is 35.5. The highest BCUT2D eigenvalue weighted by Gasteiger charge is 2.38. The number of aromatic nitrogens is 1. The Morgan fingerprint density at radius 2 is 1.83 bits per heavy atom. The Morgan fingerprint density at radius 3 is 2.57 bits per heavy atom. The van der Waals surface area contributed by atoms with Gasteiger partial charge in [-0.15, -0.1) is 0 Å². The number of nitrogens with one attached hydrogen (secondary N) is 1. The van der Waals surface area contributed by atoms with Gasteiger partial charge in [0.25, 0.3) is 17.7 Å². The lowest BCUT2D eigenvalue weighted by Crippen LogP contribution is -2.29. The Hall–Kier alpha value is -3.98. The zero-order valence-corrected chi connectivity index (χ0v) is 15.9. The Balaban J connectivity index is 1.49. The molecule has 150 valence electrons. The van der Waals surface area contributed by atoms with Crippen molar-refractivity contribution in [3.63, 3.8) is 0 Å². The van der Waals surface area contributed by atoms with Gasteiger partial charge in [-0.25, -0.2) is 9.69 Å². The average molecular weight is 426 g/mol. The van der Waals surface area contributed by atoms with Crippen molar-refractivity contribution < 1.29 is 28.4 Å². The van der Waals surface area contributed by atoms with Gasteiger partial charge in [0.15, 0.2) is 12.4 Å². The number of nitrogens with zero attached hydrogens (tertiary/aromatic N) is 2. The summed E-state index contributed by atoms with van der Waals surface area (Å²) in [5, 5.41) is 6.12. The van der Waals surface area contributed by atoms with Gasteiger partial charge in [0.05, 0.1) is 27.4 Å². The molecular weight excluding hydrogens is 414 g/mol. The van der Waals surface area contributed by atoms with Gasteiger partial charge in [0, 0.05) is 6.07 Å². The predicted molar refractivity (Wildman–Crippen MR) is 104 cm³/mol. The van der Waals surface area contributed by atoms with E-state index in [1.165, 1.54) is 30.5 Å². The van der Waals surface area contributed by atoms with Gasteiger partial charge in [-0.05, 0) is 30.3 Å². The molecule has 3 amide bonds. The molecule has 1 aliphatic rings. The van der Waals surface area contributed by atoms with E-state index in [4.69, 9.17) is 16.3 Å². The van der Waals surface area contributed by atoms with Crippen LogP contribution in [0.15, 0.2) is 59.3 Å². The molecule has 0 radical (unpaired) electrons. The van der Waals surface area contributed by atoms with Crippen LogP contribution in [0.4, 0.5) is 11.5 Å². The molecule has 30 heavy (non-hydrogen) atoms. The highest BCUT2D eigenvalue weighted by molar-refractivity contribution is 6.39. The summed E-state index contributed by atoms with van der Waals surface area (Å²) in [6.45, 7) is -0.568. The van der Waals surface area contributed by atoms with Crippen molar-refractivity contribution >= 4 is 46.8 Å². The molecule has 2 heterocycles. The van der Waals surface area contributed by atoms with Gasteiger partial charge in [0.2, 0.25) is 0 Å². The van der Waals surface area contributed by atoms with Crippen LogP contribution in [0.25, 0.3) is 0 Å². The lowest BCUT2D eigenvalue weighted by atomic mass is 10.1. The van der Waals surface area contributed by atoms with Crippen molar-refractivity contribution in [1.82, 2.24) is 5.16 Å². The van der Waals surface area contributed by atoms with Crippen LogP contribution in [0.5, 0.6) is 0 Å². The number of carbonyl (C=O) groups excluding carboxylic acids is 4. The maximum atomic E-state index is 12.8. The summed E-state index contributed by atoms with van der Waals surface area (Å²) in [7, 11) is 0. The minimum Gasteiger partial charge on any atom is -0.452 e. The van der Waals surface area contributed by atoms with Crippen molar-refractivity contribution in [2.75, 3.05) is 16.8 Å². The van der Waals surface area contributed by atoms with Crippen LogP contribution >= 0.6 is 11.6 Å². The molecule has 0 unspecified atom stereocenters. The van der Waals surface area contributed by atoms with Gasteiger partial charge in [-0.2, -0.15) is 0 Å². The van der Waals surface area contributed by atoms with Crippen LogP contribution < -0.4 is 10.2 Å². The van der Waals surface area contributed by atoms with E-state index in [9.17, 15) is 19.2 Å². The lowest BCUT2D eigenvalue weighted by molar-refractivity contribution is -0.119. The molecule has 3 aromatic rings. The number of hydrogen-bond acceptors (Lipinski definition) is 7. The number of carbonyl (C=O) groups is 4. The van der Waals surface area contributed by atoms with Gasteiger partial charge < -0.3 is 14.6 Å². The van der Waals surface area contributed by atoms with E-state index in [1.807, 2.05) is 0 Å². The third kappa shape index (κ3) is 3.53. The number of rotatable bonds is 5. The summed E-state index contributed by atoms with van der Waals surface area (Å²) in [6.07, 6.45) is 1.27. The topological polar surface area (TPSA) is 119 Å². The largest absolute Gasteiger partial charge is 0.452 e. The number of halogens is 1. The molecular formula is C20H12ClN3O6. The van der Waals surface area contributed by atoms with Gasteiger partial charge in [-0.1, -0.05) is 28.9 Å². The minimum absolute atomic E-state index is 0.0187. The van der Waals surface area contributed by atoms with Crippen molar-refractivity contribution in [2.45, 2.75) is 0 Å². The van der Waals surface area contributed by atoms with E-state index in [2.05, 4.69) is 15.0 Å². The normalized spacial score (nSPS) is 12.6. The molecule has 9 nitrogen and oxygen atoms in total. The number of anilines is 2. The molecule has 1 aromatic heterocycles. The fraction of sp³-hybridized carbons (Fsp3) is 0.0500. The van der Waals surface area contributed by atoms with Crippen LogP contribution in [0, 0.1) is 0 Å². The van der Waals surface area contributed by atoms with Gasteiger partial charge >= 0.3 is 5.97 Å². The standard InChI is InChI=1S/C20H12ClN3O6/c21-14-3-1-2-4-15(14)24-18(26)12-6-5-11(9-13(12)19(24)27)20(28)29-10-17(25)22-16-7-8-30-23-16/h1-9H,10H2,(H,22,23,25). The quantitative estimate of drug-likeness (QED) is 0.493. The van der Waals surface area contributed by atoms with Crippen LogP contribution in [0.1, 0.15) is 31.1 Å². The average Bonchev–Trinajstić information content (AvgIpc) is 3.33. The first-order valence-electron chi connectivity index (χ1n) is 8.60. The van der Waals surface area contributed by atoms with Crippen molar-refractivity contribution in [2.24, 2.45) is 0 Å². The Morgan fingerprint density at radius 1 is 1.07 bits per heavy atom. The van der Waals surface area contributed by atoms with E-state index in [0.717, 1.165) is 4.90 Å². The number of amides is 3. The fourth-order valence-corrected chi connectivity index (χ4v) is 3.11. The molecule has 4 rings (SSSR count). The maximum Gasteiger partial charge on any atom is 0.338 e. The molecule has 1 aliphatic heterocycles. The van der Waals surface area contributed by atoms with E-state index < -0.39 is 30.3 Å². The van der Waals surface area contributed by atoms with E-state index in [-0.39, 0.29) is 33.2 Å². The summed E-state index contributed by atoms with van der Waals surface area (Å²) in [6, 6.07) is 11.8. The van der Waals surface area contributed by atoms with Crippen molar-refractivity contribution in [3.8, 4) is 0 Å². The summed E-state index contributed by atoms with van der Waals surface area (Å²) in [5.74, 6) is -2.42. The second-order valence-corrected chi connectivity index (χ2v) is 6.57. The van der Waals surface area contributed by atoms with Gasteiger partial charge in [0.1, 0.15) is 6.26 Å². The third-order valence-corrected chi connectivity index (χ3v) is 4.57. The van der Waals surface area contributed by atoms with Crippen molar-refractivity contribution in [3.05, 3.63) is 76.5 Å². The van der Waals surface area contributed by atoms with Crippen molar-refractivity contribution in [1.29, 1.82) is 0 Å². The molecule has 0 aliphatic carbocycles. The number of para-hydroxylation sites is 1. The SMILES string of the molecule is O=C(COC(=O)c1ccc2c(c1)C(=O)N(c1ccccc1Cl)C2=O)Nc1ccon1. The smallest absolute Gasteiger partial charge is 0.338 e. The van der Waals surface area contributed by atoms with E-state index in [0.29, 0.717) is 0 Å². The first kappa shape index (κ1) is 19.3. The minimum atomic E-state index is -0.829. The Bertz CT molecular complexity index is 1180. The van der Waals surface area contributed by atoms with Crippen LogP contribution in [-0.2, 0) is 9.53 Å². The highest BCUT2D eigenvalue weighted by Crippen LogP contribution is 2.33. The molecule has 0 bridgehead atoms. The number of fused-ring (bicyclic) bond motifs is 1. The number of esters is 1. The zero-order valence-electron chi connectivity index (χ0n) is 15.1. The number of imide groups is 1.